The first kappa shape index (κ1) is 19.2. The molecule has 0 fully saturated rings. The second-order valence-corrected chi connectivity index (χ2v) is 7.95. The van der Waals surface area contributed by atoms with Crippen molar-refractivity contribution in [2.75, 3.05) is 5.32 Å². The van der Waals surface area contributed by atoms with Crippen molar-refractivity contribution in [2.45, 2.75) is 33.7 Å². The van der Waals surface area contributed by atoms with E-state index < -0.39 is 5.41 Å². The van der Waals surface area contributed by atoms with Crippen molar-refractivity contribution in [3.63, 3.8) is 0 Å². The van der Waals surface area contributed by atoms with Crippen molar-refractivity contribution in [2.24, 2.45) is 5.41 Å². The van der Waals surface area contributed by atoms with Crippen LogP contribution in [0.1, 0.15) is 49.7 Å². The summed E-state index contributed by atoms with van der Waals surface area (Å²) in [6.07, 6.45) is 0. The van der Waals surface area contributed by atoms with Gasteiger partial charge in [-0.15, -0.1) is 0 Å². The Hall–Kier alpha value is -2.14. The summed E-state index contributed by atoms with van der Waals surface area (Å²) >= 11 is 3.40. The van der Waals surface area contributed by atoms with Crippen molar-refractivity contribution in [1.29, 1.82) is 0 Å². The van der Waals surface area contributed by atoms with Gasteiger partial charge in [-0.2, -0.15) is 0 Å². The van der Waals surface area contributed by atoms with E-state index in [4.69, 9.17) is 0 Å². The first-order valence-electron chi connectivity index (χ1n) is 8.14. The molecule has 0 spiro atoms. The predicted molar refractivity (Wildman–Crippen MR) is 105 cm³/mol. The molecule has 2 rings (SSSR count). The lowest BCUT2D eigenvalue weighted by Gasteiger charge is -2.18. The van der Waals surface area contributed by atoms with Gasteiger partial charge in [0, 0.05) is 21.1 Å². The summed E-state index contributed by atoms with van der Waals surface area (Å²) in [5.41, 5.74) is 1.65. The van der Waals surface area contributed by atoms with Crippen LogP contribution in [0.25, 0.3) is 0 Å². The second-order valence-electron chi connectivity index (χ2n) is 7.03. The highest BCUT2D eigenvalue weighted by Gasteiger charge is 2.21. The fourth-order valence-electron chi connectivity index (χ4n) is 2.17. The Bertz CT molecular complexity index is 764. The fourth-order valence-corrected chi connectivity index (χ4v) is 2.44. The molecular formula is C20H23BrN2O2. The van der Waals surface area contributed by atoms with E-state index in [9.17, 15) is 9.59 Å². The third-order valence-corrected chi connectivity index (χ3v) is 4.31. The highest BCUT2D eigenvalue weighted by atomic mass is 79.9. The average molecular weight is 403 g/mol. The predicted octanol–water partition coefficient (Wildman–Crippen LogP) is 4.92. The van der Waals surface area contributed by atoms with Crippen molar-refractivity contribution in [3.05, 3.63) is 64.1 Å². The minimum Gasteiger partial charge on any atom is -0.346 e. The summed E-state index contributed by atoms with van der Waals surface area (Å²) in [6.45, 7) is 7.47. The fraction of sp³-hybridized carbons (Fsp3) is 0.300. The quantitative estimate of drug-likeness (QED) is 0.761. The van der Waals surface area contributed by atoms with Crippen LogP contribution in [0.2, 0.25) is 0 Å². The normalized spacial score (nSPS) is 12.4. The monoisotopic (exact) mass is 402 g/mol. The van der Waals surface area contributed by atoms with Crippen molar-refractivity contribution < 1.29 is 9.59 Å². The van der Waals surface area contributed by atoms with Gasteiger partial charge >= 0.3 is 0 Å². The van der Waals surface area contributed by atoms with Crippen LogP contribution in [0.15, 0.2) is 53.0 Å². The molecule has 132 valence electrons. The van der Waals surface area contributed by atoms with Gasteiger partial charge in [-0.05, 0) is 42.8 Å². The second kappa shape index (κ2) is 7.83. The van der Waals surface area contributed by atoms with Crippen molar-refractivity contribution >= 4 is 33.4 Å². The maximum atomic E-state index is 12.5. The maximum Gasteiger partial charge on any atom is 0.251 e. The van der Waals surface area contributed by atoms with E-state index in [0.29, 0.717) is 11.3 Å². The molecule has 2 aromatic carbocycles. The Balaban J connectivity index is 2.08. The summed E-state index contributed by atoms with van der Waals surface area (Å²) < 4.78 is 0.997. The first-order chi connectivity index (χ1) is 11.7. The molecule has 5 heteroatoms. The molecule has 0 bridgehead atoms. The third-order valence-electron chi connectivity index (χ3n) is 3.78. The maximum absolute atomic E-state index is 12.5. The Morgan fingerprint density at radius 1 is 1.04 bits per heavy atom. The SMILES string of the molecule is CC(NC(=O)c1cccc(NC(=O)C(C)(C)C)c1)c1ccc(Br)cc1. The van der Waals surface area contributed by atoms with Gasteiger partial charge in [0.15, 0.2) is 0 Å². The largest absolute Gasteiger partial charge is 0.346 e. The molecule has 0 aliphatic rings. The number of nitrogens with one attached hydrogen (secondary N) is 2. The van der Waals surface area contributed by atoms with Crippen LogP contribution < -0.4 is 10.6 Å². The number of carbonyl (C=O) groups is 2. The van der Waals surface area contributed by atoms with Crippen LogP contribution in [-0.4, -0.2) is 11.8 Å². The standard InChI is InChI=1S/C20H23BrN2O2/c1-13(14-8-10-16(21)11-9-14)22-18(24)15-6-5-7-17(12-15)23-19(25)20(2,3)4/h5-13H,1-4H3,(H,22,24)(H,23,25). The van der Waals surface area contributed by atoms with E-state index in [1.165, 1.54) is 0 Å². The number of benzene rings is 2. The molecule has 0 heterocycles. The Labute approximate surface area is 157 Å². The summed E-state index contributed by atoms with van der Waals surface area (Å²) in [6, 6.07) is 14.7. The molecule has 0 aliphatic carbocycles. The summed E-state index contributed by atoms with van der Waals surface area (Å²) in [5.74, 6) is -0.268. The van der Waals surface area contributed by atoms with Gasteiger partial charge in [-0.25, -0.2) is 0 Å². The van der Waals surface area contributed by atoms with Gasteiger partial charge in [-0.3, -0.25) is 9.59 Å². The number of amides is 2. The number of carbonyl (C=O) groups excluding carboxylic acids is 2. The molecule has 2 N–H and O–H groups in total. The van der Waals surface area contributed by atoms with E-state index in [1.54, 1.807) is 24.3 Å². The summed E-state index contributed by atoms with van der Waals surface area (Å²) in [7, 11) is 0. The van der Waals surface area contributed by atoms with Gasteiger partial charge in [0.2, 0.25) is 5.91 Å². The van der Waals surface area contributed by atoms with E-state index in [1.807, 2.05) is 52.0 Å². The number of hydrogen-bond acceptors (Lipinski definition) is 2. The van der Waals surface area contributed by atoms with Crippen LogP contribution in [0.4, 0.5) is 5.69 Å². The van der Waals surface area contributed by atoms with Crippen molar-refractivity contribution in [3.8, 4) is 0 Å². The van der Waals surface area contributed by atoms with E-state index >= 15 is 0 Å². The van der Waals surface area contributed by atoms with Crippen LogP contribution in [-0.2, 0) is 4.79 Å². The molecule has 0 saturated heterocycles. The molecule has 1 unspecified atom stereocenters. The zero-order valence-corrected chi connectivity index (χ0v) is 16.5. The minimum absolute atomic E-state index is 0.0895. The van der Waals surface area contributed by atoms with Crippen LogP contribution >= 0.6 is 15.9 Å². The molecule has 2 amide bonds. The first-order valence-corrected chi connectivity index (χ1v) is 8.94. The van der Waals surface area contributed by atoms with E-state index in [0.717, 1.165) is 10.0 Å². The number of hydrogen-bond donors (Lipinski definition) is 2. The molecule has 4 nitrogen and oxygen atoms in total. The Morgan fingerprint density at radius 2 is 1.68 bits per heavy atom. The molecule has 0 saturated carbocycles. The van der Waals surface area contributed by atoms with Crippen LogP contribution in [0.3, 0.4) is 0 Å². The molecule has 0 aromatic heterocycles. The number of anilines is 1. The lowest BCUT2D eigenvalue weighted by molar-refractivity contribution is -0.123. The zero-order chi connectivity index (χ0) is 18.6. The van der Waals surface area contributed by atoms with Gasteiger partial charge < -0.3 is 10.6 Å². The third kappa shape index (κ3) is 5.43. The molecule has 0 radical (unpaired) electrons. The van der Waals surface area contributed by atoms with Gasteiger partial charge in [0.1, 0.15) is 0 Å². The molecule has 25 heavy (non-hydrogen) atoms. The van der Waals surface area contributed by atoms with Gasteiger partial charge in [0.05, 0.1) is 6.04 Å². The number of halogens is 1. The topological polar surface area (TPSA) is 58.2 Å². The summed E-state index contributed by atoms with van der Waals surface area (Å²) in [4.78, 5) is 24.6. The van der Waals surface area contributed by atoms with Gasteiger partial charge in [-0.1, -0.05) is 54.9 Å². The minimum atomic E-state index is -0.492. The van der Waals surface area contributed by atoms with Gasteiger partial charge in [0.25, 0.3) is 5.91 Å². The lowest BCUT2D eigenvalue weighted by Crippen LogP contribution is -2.28. The Kier molecular flexibility index (Phi) is 6.01. The molecule has 0 aliphatic heterocycles. The van der Waals surface area contributed by atoms with E-state index in [-0.39, 0.29) is 17.9 Å². The summed E-state index contributed by atoms with van der Waals surface area (Å²) in [5, 5.41) is 5.82. The lowest BCUT2D eigenvalue weighted by atomic mass is 9.95. The highest BCUT2D eigenvalue weighted by Crippen LogP contribution is 2.20. The zero-order valence-electron chi connectivity index (χ0n) is 14.9. The van der Waals surface area contributed by atoms with E-state index in [2.05, 4.69) is 26.6 Å². The molecule has 2 aromatic rings. The molecular weight excluding hydrogens is 380 g/mol. The Morgan fingerprint density at radius 3 is 2.28 bits per heavy atom. The van der Waals surface area contributed by atoms with Crippen LogP contribution in [0, 0.1) is 5.41 Å². The van der Waals surface area contributed by atoms with Crippen molar-refractivity contribution in [1.82, 2.24) is 5.32 Å². The average Bonchev–Trinajstić information content (AvgIpc) is 2.54. The van der Waals surface area contributed by atoms with Crippen LogP contribution in [0.5, 0.6) is 0 Å². The number of rotatable bonds is 4. The highest BCUT2D eigenvalue weighted by molar-refractivity contribution is 9.10. The smallest absolute Gasteiger partial charge is 0.251 e. The molecule has 1 atom stereocenters.